The lowest BCUT2D eigenvalue weighted by atomic mass is 9.97. The van der Waals surface area contributed by atoms with E-state index in [1.54, 1.807) is 4.90 Å². The summed E-state index contributed by atoms with van der Waals surface area (Å²) in [5.74, 6) is 1.74. The molecule has 2 aromatic heterocycles. The van der Waals surface area contributed by atoms with Gasteiger partial charge in [0.05, 0.1) is 28.1 Å². The van der Waals surface area contributed by atoms with Crippen LogP contribution >= 0.6 is 0 Å². The number of imidazole rings is 2. The number of aromatic nitrogens is 4. The minimum Gasteiger partial charge on any atom is -0.444 e. The van der Waals surface area contributed by atoms with Crippen LogP contribution in [-0.4, -0.2) is 61.3 Å². The van der Waals surface area contributed by atoms with Crippen molar-refractivity contribution in [1.29, 1.82) is 0 Å². The largest absolute Gasteiger partial charge is 0.444 e. The third-order valence-electron chi connectivity index (χ3n) is 9.24. The van der Waals surface area contributed by atoms with Crippen molar-refractivity contribution in [2.45, 2.75) is 90.9 Å². The number of aryl methyl sites for hydroxylation is 1. The maximum atomic E-state index is 12.9. The van der Waals surface area contributed by atoms with Crippen molar-refractivity contribution in [3.8, 4) is 22.3 Å². The zero-order valence-electron chi connectivity index (χ0n) is 30.9. The molecule has 2 amide bonds. The summed E-state index contributed by atoms with van der Waals surface area (Å²) in [4.78, 5) is 43.3. The second kappa shape index (κ2) is 14.0. The van der Waals surface area contributed by atoms with Gasteiger partial charge < -0.3 is 24.8 Å². The molecule has 52 heavy (non-hydrogen) atoms. The molecule has 3 N–H and O–H groups in total. The number of alkyl carbamates (subject to hydrolysis) is 1. The summed E-state index contributed by atoms with van der Waals surface area (Å²) in [6, 6.07) is 25.7. The third-order valence-corrected chi connectivity index (χ3v) is 9.24. The number of amides is 2. The fraction of sp³-hybridized carbons (Fsp3) is 0.381. The topological polar surface area (TPSA) is 125 Å². The number of carbonyl (C=O) groups excluding carboxylic acids is 2. The van der Waals surface area contributed by atoms with Crippen molar-refractivity contribution < 1.29 is 19.1 Å². The Morgan fingerprint density at radius 1 is 0.750 bits per heavy atom. The highest BCUT2D eigenvalue weighted by Gasteiger charge is 2.35. The summed E-state index contributed by atoms with van der Waals surface area (Å²) >= 11 is 0. The molecule has 10 heteroatoms. The number of rotatable bonds is 8. The van der Waals surface area contributed by atoms with Gasteiger partial charge in [-0.05, 0) is 137 Å². The first-order chi connectivity index (χ1) is 24.8. The molecule has 0 aliphatic carbocycles. The summed E-state index contributed by atoms with van der Waals surface area (Å²) in [5.41, 5.74) is 7.20. The Labute approximate surface area is 304 Å². The van der Waals surface area contributed by atoms with Gasteiger partial charge in [-0.3, -0.25) is 4.90 Å². The van der Waals surface area contributed by atoms with E-state index in [1.165, 1.54) is 5.39 Å². The molecule has 3 heterocycles. The zero-order valence-corrected chi connectivity index (χ0v) is 30.9. The highest BCUT2D eigenvalue weighted by molar-refractivity contribution is 5.93. The van der Waals surface area contributed by atoms with Crippen molar-refractivity contribution in [3.63, 3.8) is 0 Å². The molecule has 1 aliphatic heterocycles. The van der Waals surface area contributed by atoms with Crippen molar-refractivity contribution in [2.75, 3.05) is 13.1 Å². The number of nitrogens with one attached hydrogen (secondary N) is 3. The quantitative estimate of drug-likeness (QED) is 0.136. The predicted octanol–water partition coefficient (Wildman–Crippen LogP) is 9.85. The predicted molar refractivity (Wildman–Crippen MR) is 206 cm³/mol. The maximum Gasteiger partial charge on any atom is 0.410 e. The van der Waals surface area contributed by atoms with Crippen LogP contribution in [0.15, 0.2) is 72.8 Å². The SMILES string of the molecule is CC(C)(C)OC(=O)NCCCCc1nc2ccc(-c3ccc4ccc(-c5ccc6nc(C7CCCN7C(=O)OC(C)(C)C)[nH]c6c5)cc4c3)cc2[nH]1. The van der Waals surface area contributed by atoms with Gasteiger partial charge in [-0.2, -0.15) is 0 Å². The molecule has 10 nitrogen and oxygen atoms in total. The van der Waals surface area contributed by atoms with E-state index < -0.39 is 11.2 Å². The van der Waals surface area contributed by atoms with Crippen LogP contribution in [0.3, 0.4) is 0 Å². The summed E-state index contributed by atoms with van der Waals surface area (Å²) in [6.07, 6.45) is 3.63. The number of fused-ring (bicyclic) bond motifs is 3. The summed E-state index contributed by atoms with van der Waals surface area (Å²) in [5, 5.41) is 5.15. The fourth-order valence-corrected chi connectivity index (χ4v) is 6.85. The zero-order chi connectivity index (χ0) is 36.6. The van der Waals surface area contributed by atoms with Gasteiger partial charge in [-0.1, -0.05) is 36.4 Å². The number of ether oxygens (including phenoxy) is 2. The number of nitrogens with zero attached hydrogens (tertiary/aromatic N) is 3. The van der Waals surface area contributed by atoms with Crippen LogP contribution in [0, 0.1) is 0 Å². The van der Waals surface area contributed by atoms with Crippen LogP contribution in [0.2, 0.25) is 0 Å². The molecular formula is C42H48N6O4. The molecule has 270 valence electrons. The summed E-state index contributed by atoms with van der Waals surface area (Å²) in [7, 11) is 0. The fourth-order valence-electron chi connectivity index (χ4n) is 6.85. The van der Waals surface area contributed by atoms with Crippen LogP contribution < -0.4 is 5.32 Å². The van der Waals surface area contributed by atoms with E-state index in [9.17, 15) is 9.59 Å². The number of likely N-dealkylation sites (tertiary alicyclic amines) is 1. The van der Waals surface area contributed by atoms with Crippen molar-refractivity contribution in [2.24, 2.45) is 0 Å². The minimum absolute atomic E-state index is 0.128. The van der Waals surface area contributed by atoms with E-state index in [2.05, 4.69) is 82.0 Å². The van der Waals surface area contributed by atoms with E-state index in [1.807, 2.05) is 47.6 Å². The Balaban J connectivity index is 1.04. The number of carbonyl (C=O) groups is 2. The second-order valence-electron chi connectivity index (χ2n) is 15.8. The van der Waals surface area contributed by atoms with Crippen LogP contribution in [0.25, 0.3) is 55.1 Å². The standard InChI is InChI=1S/C42H48N6O4/c1-41(2,3)51-39(49)43-20-8-7-11-37-44-32-18-16-29(24-34(32)45-37)27-14-12-26-13-15-28(23-31(26)22-27)30-17-19-33-35(25-30)47-38(46-33)36-10-9-21-48(36)40(50)52-42(4,5)6/h12-19,22-25,36H,7-11,20-21H2,1-6H3,(H,43,49)(H,44,45)(H,46,47). The molecule has 6 aromatic rings. The van der Waals surface area contributed by atoms with E-state index >= 15 is 0 Å². The summed E-state index contributed by atoms with van der Waals surface area (Å²) < 4.78 is 11.0. The first-order valence-electron chi connectivity index (χ1n) is 18.3. The molecule has 1 saturated heterocycles. The Morgan fingerprint density at radius 3 is 2.00 bits per heavy atom. The highest BCUT2D eigenvalue weighted by atomic mass is 16.6. The van der Waals surface area contributed by atoms with Gasteiger partial charge in [0.1, 0.15) is 22.9 Å². The van der Waals surface area contributed by atoms with Gasteiger partial charge in [0.25, 0.3) is 0 Å². The molecular weight excluding hydrogens is 652 g/mol. The number of unbranched alkanes of at least 4 members (excludes halogenated alkanes) is 1. The molecule has 0 bridgehead atoms. The number of hydrogen-bond acceptors (Lipinski definition) is 6. The van der Waals surface area contributed by atoms with Crippen molar-refractivity contribution >= 4 is 45.0 Å². The maximum absolute atomic E-state index is 12.9. The van der Waals surface area contributed by atoms with E-state index in [0.717, 1.165) is 93.5 Å². The number of hydrogen-bond donors (Lipinski definition) is 3. The van der Waals surface area contributed by atoms with Crippen LogP contribution in [0.1, 0.15) is 84.9 Å². The minimum atomic E-state index is -0.544. The Morgan fingerprint density at radius 2 is 1.35 bits per heavy atom. The third kappa shape index (κ3) is 8.06. The molecule has 0 spiro atoms. The number of aromatic amines is 2. The van der Waals surface area contributed by atoms with Crippen molar-refractivity contribution in [1.82, 2.24) is 30.2 Å². The smallest absolute Gasteiger partial charge is 0.410 e. The average Bonchev–Trinajstić information content (AvgIpc) is 3.83. The van der Waals surface area contributed by atoms with Gasteiger partial charge in [-0.25, -0.2) is 19.6 Å². The second-order valence-corrected chi connectivity index (χ2v) is 15.8. The summed E-state index contributed by atoms with van der Waals surface area (Å²) in [6.45, 7) is 12.5. The Kier molecular flexibility index (Phi) is 9.42. The van der Waals surface area contributed by atoms with E-state index in [4.69, 9.17) is 19.4 Å². The van der Waals surface area contributed by atoms with Crippen LogP contribution in [0.5, 0.6) is 0 Å². The van der Waals surface area contributed by atoms with E-state index in [0.29, 0.717) is 13.1 Å². The monoisotopic (exact) mass is 700 g/mol. The molecule has 1 unspecified atom stereocenters. The molecule has 7 rings (SSSR count). The molecule has 1 aliphatic rings. The van der Waals surface area contributed by atoms with Gasteiger partial charge >= 0.3 is 12.2 Å². The highest BCUT2D eigenvalue weighted by Crippen LogP contribution is 2.35. The molecule has 0 radical (unpaired) electrons. The number of H-pyrrole nitrogens is 2. The van der Waals surface area contributed by atoms with Gasteiger partial charge in [-0.15, -0.1) is 0 Å². The lowest BCUT2D eigenvalue weighted by molar-refractivity contribution is 0.0218. The normalized spacial score (nSPS) is 15.1. The Bertz CT molecular complexity index is 2260. The molecule has 1 fully saturated rings. The molecule has 1 atom stereocenters. The van der Waals surface area contributed by atoms with Crippen LogP contribution in [0.4, 0.5) is 9.59 Å². The number of benzene rings is 4. The van der Waals surface area contributed by atoms with Gasteiger partial charge in [0.2, 0.25) is 0 Å². The van der Waals surface area contributed by atoms with E-state index in [-0.39, 0.29) is 18.2 Å². The van der Waals surface area contributed by atoms with Crippen molar-refractivity contribution in [3.05, 3.63) is 84.4 Å². The first kappa shape index (κ1) is 35.0. The lowest BCUT2D eigenvalue weighted by Crippen LogP contribution is -2.36. The average molecular weight is 701 g/mol. The van der Waals surface area contributed by atoms with Gasteiger partial charge in [0.15, 0.2) is 0 Å². The molecule has 4 aromatic carbocycles. The Hall–Kier alpha value is -5.38. The first-order valence-corrected chi connectivity index (χ1v) is 18.3. The molecule has 0 saturated carbocycles. The lowest BCUT2D eigenvalue weighted by Gasteiger charge is -2.27. The van der Waals surface area contributed by atoms with Crippen LogP contribution in [-0.2, 0) is 15.9 Å². The van der Waals surface area contributed by atoms with Gasteiger partial charge in [0, 0.05) is 19.5 Å².